The van der Waals surface area contributed by atoms with Gasteiger partial charge in [-0.15, -0.1) is 0 Å². The molecule has 7 heteroatoms. The first-order chi connectivity index (χ1) is 31.8. The summed E-state index contributed by atoms with van der Waals surface area (Å²) >= 11 is 0. The zero-order valence-corrected chi connectivity index (χ0v) is 34.2. The van der Waals surface area contributed by atoms with Gasteiger partial charge in [0.2, 0.25) is 5.95 Å². The molecule has 0 aliphatic heterocycles. The summed E-state index contributed by atoms with van der Waals surface area (Å²) < 4.78 is 13.9. The summed E-state index contributed by atoms with van der Waals surface area (Å²) in [5.74, 6) is 1.75. The van der Waals surface area contributed by atoms with Crippen LogP contribution in [0, 0.1) is 0 Å². The lowest BCUT2D eigenvalue weighted by atomic mass is 10.0. The van der Waals surface area contributed by atoms with E-state index in [0.717, 1.165) is 99.1 Å². The molecule has 0 unspecified atom stereocenters. The monoisotopic (exact) mass is 818 g/mol. The second-order valence-electron chi connectivity index (χ2n) is 16.4. The summed E-state index contributed by atoms with van der Waals surface area (Å²) in [7, 11) is 0. The van der Waals surface area contributed by atoms with E-state index in [9.17, 15) is 0 Å². The van der Waals surface area contributed by atoms with Gasteiger partial charge in [-0.3, -0.25) is 4.57 Å². The van der Waals surface area contributed by atoms with Crippen molar-refractivity contribution >= 4 is 87.4 Å². The van der Waals surface area contributed by atoms with Crippen LogP contribution in [0.2, 0.25) is 0 Å². The Labute approximate surface area is 365 Å². The van der Waals surface area contributed by atoms with Gasteiger partial charge >= 0.3 is 0 Å². The molecule has 0 fully saturated rings. The summed E-state index contributed by atoms with van der Waals surface area (Å²) in [5.41, 5.74) is 12.0. The number of aromatic nitrogens is 6. The molecule has 0 atom stereocenters. The molecule has 9 aromatic carbocycles. The van der Waals surface area contributed by atoms with Crippen molar-refractivity contribution in [3.63, 3.8) is 0 Å². The number of furan rings is 1. The van der Waals surface area contributed by atoms with Crippen molar-refractivity contribution in [3.05, 3.63) is 206 Å². The molecule has 14 aromatic rings. The van der Waals surface area contributed by atoms with Crippen LogP contribution in [-0.4, -0.2) is 28.7 Å². The molecule has 0 aliphatic carbocycles. The predicted octanol–water partition coefficient (Wildman–Crippen LogP) is 14.4. The van der Waals surface area contributed by atoms with Gasteiger partial charge in [-0.25, -0.2) is 4.98 Å². The number of nitrogens with zero attached hydrogens (tertiary/aromatic N) is 6. The molecular formula is C57H34N6O. The fourth-order valence-electron chi connectivity index (χ4n) is 10.2. The fraction of sp³-hybridized carbons (Fsp3) is 0. The fourth-order valence-corrected chi connectivity index (χ4v) is 10.2. The third-order valence-corrected chi connectivity index (χ3v) is 12.9. The first-order valence-corrected chi connectivity index (χ1v) is 21.5. The van der Waals surface area contributed by atoms with Crippen LogP contribution in [0.3, 0.4) is 0 Å². The van der Waals surface area contributed by atoms with Crippen molar-refractivity contribution in [1.82, 2.24) is 28.7 Å². The molecule has 5 aromatic heterocycles. The lowest BCUT2D eigenvalue weighted by Gasteiger charge is -2.12. The Kier molecular flexibility index (Phi) is 7.27. The Hall–Kier alpha value is -8.81. The van der Waals surface area contributed by atoms with E-state index in [1.807, 2.05) is 42.5 Å². The minimum atomic E-state index is 0.544. The standard InChI is InChI=1S/C57H34N6O/c1-4-17-35(18-5-1)55-58-56(36-19-6-2-7-20-36)60-57(59-55)63-45-28-14-11-24-39(45)42-32-34-47-51(53(42)63)50-46(62(47)48-29-16-26-43-40-25-12-15-30-49(40)64-54(43)48)33-31-41-38-23-10-13-27-44(38)61(52(41)50)37-21-8-3-9-22-37/h1-34H. The largest absolute Gasteiger partial charge is 0.454 e. The Morgan fingerprint density at radius 1 is 0.328 bits per heavy atom. The Morgan fingerprint density at radius 2 is 0.828 bits per heavy atom. The van der Waals surface area contributed by atoms with E-state index in [1.54, 1.807) is 0 Å². The van der Waals surface area contributed by atoms with E-state index in [2.05, 4.69) is 177 Å². The summed E-state index contributed by atoms with van der Waals surface area (Å²) in [4.78, 5) is 15.8. The van der Waals surface area contributed by atoms with Gasteiger partial charge in [-0.1, -0.05) is 158 Å². The van der Waals surface area contributed by atoms with E-state index >= 15 is 0 Å². The van der Waals surface area contributed by atoms with Crippen LogP contribution in [0.1, 0.15) is 0 Å². The number of para-hydroxylation sites is 5. The van der Waals surface area contributed by atoms with Crippen molar-refractivity contribution < 1.29 is 4.42 Å². The van der Waals surface area contributed by atoms with Gasteiger partial charge in [-0.2, -0.15) is 9.97 Å². The lowest BCUT2D eigenvalue weighted by molar-refractivity contribution is 0.666. The maximum atomic E-state index is 6.81. The van der Waals surface area contributed by atoms with Gasteiger partial charge in [0.25, 0.3) is 0 Å². The van der Waals surface area contributed by atoms with Crippen molar-refractivity contribution in [2.24, 2.45) is 0 Å². The third kappa shape index (κ3) is 4.89. The Bertz CT molecular complexity index is 4120. The summed E-state index contributed by atoms with van der Waals surface area (Å²) in [6.45, 7) is 0. The van der Waals surface area contributed by atoms with E-state index in [0.29, 0.717) is 17.6 Å². The highest BCUT2D eigenvalue weighted by atomic mass is 16.3. The SMILES string of the molecule is c1ccc(-c2nc(-c3ccccc3)nc(-n3c4ccccc4c4ccc5c(c6c(ccc7c8ccccc8n(-c8ccccc8)c76)n5-c5cccc6c5oc5ccccc56)c43)n2)cc1. The van der Waals surface area contributed by atoms with Crippen LogP contribution in [0.4, 0.5) is 0 Å². The minimum Gasteiger partial charge on any atom is -0.454 e. The molecule has 5 heterocycles. The van der Waals surface area contributed by atoms with E-state index < -0.39 is 0 Å². The van der Waals surface area contributed by atoms with Gasteiger partial charge < -0.3 is 13.6 Å². The smallest absolute Gasteiger partial charge is 0.238 e. The van der Waals surface area contributed by atoms with Crippen LogP contribution in [0.25, 0.3) is 127 Å². The molecule has 14 rings (SSSR count). The highest BCUT2D eigenvalue weighted by Gasteiger charge is 2.27. The number of rotatable bonds is 5. The molecule has 0 radical (unpaired) electrons. The van der Waals surface area contributed by atoms with E-state index in [-0.39, 0.29) is 0 Å². The average molecular weight is 819 g/mol. The second kappa shape index (κ2) is 13.3. The molecular weight excluding hydrogens is 785 g/mol. The zero-order valence-electron chi connectivity index (χ0n) is 34.2. The zero-order chi connectivity index (χ0) is 41.9. The van der Waals surface area contributed by atoms with Crippen LogP contribution in [0.15, 0.2) is 211 Å². The number of hydrogen-bond acceptors (Lipinski definition) is 4. The molecule has 0 bridgehead atoms. The number of fused-ring (bicyclic) bond motifs is 14. The molecule has 7 nitrogen and oxygen atoms in total. The van der Waals surface area contributed by atoms with Gasteiger partial charge in [0, 0.05) is 59.9 Å². The van der Waals surface area contributed by atoms with Crippen molar-refractivity contribution in [2.75, 3.05) is 0 Å². The maximum absolute atomic E-state index is 6.81. The van der Waals surface area contributed by atoms with Crippen LogP contribution in [-0.2, 0) is 0 Å². The highest BCUT2D eigenvalue weighted by molar-refractivity contribution is 6.33. The molecule has 0 aliphatic rings. The quantitative estimate of drug-likeness (QED) is 0.173. The van der Waals surface area contributed by atoms with Crippen molar-refractivity contribution in [2.45, 2.75) is 0 Å². The summed E-state index contributed by atoms with van der Waals surface area (Å²) in [6.07, 6.45) is 0. The molecule has 0 spiro atoms. The van der Waals surface area contributed by atoms with E-state index in [1.165, 1.54) is 10.8 Å². The van der Waals surface area contributed by atoms with E-state index in [4.69, 9.17) is 19.4 Å². The van der Waals surface area contributed by atoms with Gasteiger partial charge in [0.1, 0.15) is 5.58 Å². The molecule has 64 heavy (non-hydrogen) atoms. The first-order valence-electron chi connectivity index (χ1n) is 21.5. The van der Waals surface area contributed by atoms with Gasteiger partial charge in [0.15, 0.2) is 17.2 Å². The summed E-state index contributed by atoms with van der Waals surface area (Å²) in [5, 5.41) is 8.95. The lowest BCUT2D eigenvalue weighted by Crippen LogP contribution is -2.06. The maximum Gasteiger partial charge on any atom is 0.238 e. The van der Waals surface area contributed by atoms with Crippen LogP contribution < -0.4 is 0 Å². The first kappa shape index (κ1) is 34.9. The van der Waals surface area contributed by atoms with Gasteiger partial charge in [0.05, 0.1) is 38.8 Å². The average Bonchev–Trinajstić information content (AvgIpc) is 4.11. The molecule has 0 N–H and O–H groups in total. The van der Waals surface area contributed by atoms with Crippen molar-refractivity contribution in [1.29, 1.82) is 0 Å². The molecule has 0 saturated carbocycles. The Balaban J connectivity index is 1.22. The molecule has 0 saturated heterocycles. The van der Waals surface area contributed by atoms with Crippen LogP contribution in [0.5, 0.6) is 0 Å². The third-order valence-electron chi connectivity index (χ3n) is 12.9. The Morgan fingerprint density at radius 3 is 1.45 bits per heavy atom. The second-order valence-corrected chi connectivity index (χ2v) is 16.4. The highest BCUT2D eigenvalue weighted by Crippen LogP contribution is 2.47. The van der Waals surface area contributed by atoms with Crippen molar-refractivity contribution in [3.8, 4) is 40.1 Å². The van der Waals surface area contributed by atoms with Gasteiger partial charge in [-0.05, 0) is 48.5 Å². The molecule has 298 valence electrons. The predicted molar refractivity (Wildman–Crippen MR) is 261 cm³/mol. The molecule has 0 amide bonds. The minimum absolute atomic E-state index is 0.544. The number of benzene rings is 9. The number of hydrogen-bond donors (Lipinski definition) is 0. The van der Waals surface area contributed by atoms with Crippen LogP contribution >= 0.6 is 0 Å². The summed E-state index contributed by atoms with van der Waals surface area (Å²) in [6, 6.07) is 72.4. The topological polar surface area (TPSA) is 66.6 Å². The normalized spacial score (nSPS) is 12.1.